The molecule has 0 aliphatic heterocycles. The number of aromatic nitrogens is 3. The van der Waals surface area contributed by atoms with Gasteiger partial charge in [0, 0.05) is 35.1 Å². The number of fused-ring (bicyclic) bond motifs is 1. The minimum atomic E-state index is -4.54. The van der Waals surface area contributed by atoms with E-state index in [-0.39, 0.29) is 19.1 Å². The van der Waals surface area contributed by atoms with Gasteiger partial charge < -0.3 is 29.9 Å². The lowest BCUT2D eigenvalue weighted by molar-refractivity contribution is 0.102. The smallest absolute Gasteiger partial charge is 0.469 e. The van der Waals surface area contributed by atoms with Crippen LogP contribution in [0.1, 0.15) is 16.8 Å². The molecule has 4 rings (SSSR count). The highest BCUT2D eigenvalue weighted by Gasteiger charge is 2.15. The number of terminal acetylenes is 1. The number of rotatable bonds is 15. The number of halogens is 1. The molecule has 0 fully saturated rings. The van der Waals surface area contributed by atoms with Crippen LogP contribution in [0.25, 0.3) is 10.9 Å². The number of benzene rings is 2. The van der Waals surface area contributed by atoms with Crippen LogP contribution in [0.2, 0.25) is 5.02 Å². The maximum atomic E-state index is 12.5. The Hall–Kier alpha value is -4.28. The fraction of sp³-hybridized carbons (Fsp3) is 0.241. The Bertz CT molecular complexity index is 1680. The minimum Gasteiger partial charge on any atom is -0.493 e. The van der Waals surface area contributed by atoms with E-state index in [1.165, 1.54) is 13.4 Å². The van der Waals surface area contributed by atoms with E-state index in [4.69, 9.17) is 37.3 Å². The van der Waals surface area contributed by atoms with Crippen molar-refractivity contribution in [2.75, 3.05) is 50.6 Å². The molecule has 0 bridgehead atoms. The van der Waals surface area contributed by atoms with Gasteiger partial charge in [-0.15, -0.1) is 6.42 Å². The average Bonchev–Trinajstić information content (AvgIpc) is 2.99. The minimum absolute atomic E-state index is 0.151. The first-order valence-corrected chi connectivity index (χ1v) is 15.2. The lowest BCUT2D eigenvalue weighted by atomic mass is 10.2. The first kappa shape index (κ1) is 32.6. The molecule has 13 nitrogen and oxygen atoms in total. The van der Waals surface area contributed by atoms with Crippen LogP contribution in [0, 0.1) is 12.3 Å². The molecule has 44 heavy (non-hydrogen) atoms. The van der Waals surface area contributed by atoms with E-state index < -0.39 is 7.82 Å². The Morgan fingerprint density at radius 3 is 2.64 bits per heavy atom. The van der Waals surface area contributed by atoms with E-state index in [1.54, 1.807) is 54.7 Å². The van der Waals surface area contributed by atoms with Crippen molar-refractivity contribution in [3.05, 3.63) is 71.6 Å². The van der Waals surface area contributed by atoms with Crippen molar-refractivity contribution in [2.45, 2.75) is 6.42 Å². The molecule has 0 unspecified atom stereocenters. The van der Waals surface area contributed by atoms with Gasteiger partial charge in [0.25, 0.3) is 5.91 Å². The maximum Gasteiger partial charge on any atom is 0.469 e. The number of hydrogen-bond donors (Lipinski definition) is 4. The molecule has 4 aromatic rings. The van der Waals surface area contributed by atoms with Gasteiger partial charge in [0.15, 0.2) is 11.5 Å². The van der Waals surface area contributed by atoms with Crippen molar-refractivity contribution in [3.8, 4) is 23.8 Å². The summed E-state index contributed by atoms with van der Waals surface area (Å²) in [6, 6.07) is 13.6. The summed E-state index contributed by atoms with van der Waals surface area (Å²) < 4.78 is 26.9. The number of carbonyl (C=O) groups excluding carboxylic acids is 1. The van der Waals surface area contributed by atoms with Crippen molar-refractivity contribution in [3.63, 3.8) is 0 Å². The van der Waals surface area contributed by atoms with E-state index in [1.807, 2.05) is 4.90 Å². The summed E-state index contributed by atoms with van der Waals surface area (Å²) in [6.45, 7) is 1.26. The van der Waals surface area contributed by atoms with Gasteiger partial charge in [-0.1, -0.05) is 23.6 Å². The van der Waals surface area contributed by atoms with Crippen LogP contribution in [0.4, 0.5) is 17.3 Å². The second kappa shape index (κ2) is 15.4. The zero-order valence-corrected chi connectivity index (χ0v) is 25.3. The number of ether oxygens (including phenoxy) is 2. The largest absolute Gasteiger partial charge is 0.493 e. The summed E-state index contributed by atoms with van der Waals surface area (Å²) in [6.07, 6.45) is 8.98. The molecule has 1 amide bonds. The lowest BCUT2D eigenvalue weighted by Gasteiger charge is -2.20. The van der Waals surface area contributed by atoms with Crippen molar-refractivity contribution in [1.29, 1.82) is 0 Å². The van der Waals surface area contributed by atoms with Crippen LogP contribution in [0.3, 0.4) is 0 Å². The van der Waals surface area contributed by atoms with Crippen LogP contribution in [0.5, 0.6) is 11.5 Å². The molecule has 0 radical (unpaired) electrons. The van der Waals surface area contributed by atoms with E-state index in [0.29, 0.717) is 76.4 Å². The first-order chi connectivity index (χ1) is 21.1. The van der Waals surface area contributed by atoms with Gasteiger partial charge in [0.1, 0.15) is 18.0 Å². The molecule has 2 heterocycles. The molecule has 0 atom stereocenters. The van der Waals surface area contributed by atoms with Crippen LogP contribution >= 0.6 is 19.4 Å². The molecule has 0 aliphatic carbocycles. The Kier molecular flexibility index (Phi) is 11.5. The van der Waals surface area contributed by atoms with E-state index in [0.717, 1.165) is 0 Å². The highest BCUT2D eigenvalue weighted by Crippen LogP contribution is 2.36. The van der Waals surface area contributed by atoms with Crippen LogP contribution in [-0.4, -0.2) is 75.5 Å². The Balaban J connectivity index is 1.38. The van der Waals surface area contributed by atoms with Crippen LogP contribution in [-0.2, 0) is 9.09 Å². The zero-order valence-electron chi connectivity index (χ0n) is 23.6. The van der Waals surface area contributed by atoms with Gasteiger partial charge in [-0.3, -0.25) is 14.2 Å². The first-order valence-electron chi connectivity index (χ1n) is 13.3. The summed E-state index contributed by atoms with van der Waals surface area (Å²) >= 11 is 5.97. The van der Waals surface area contributed by atoms with Crippen molar-refractivity contribution >= 4 is 53.6 Å². The van der Waals surface area contributed by atoms with E-state index in [9.17, 15) is 9.36 Å². The fourth-order valence-electron chi connectivity index (χ4n) is 4.09. The molecule has 0 aliphatic rings. The number of hydrogen-bond acceptors (Lipinski definition) is 10. The van der Waals surface area contributed by atoms with Gasteiger partial charge in [0.2, 0.25) is 0 Å². The van der Waals surface area contributed by atoms with Gasteiger partial charge in [-0.2, -0.15) is 0 Å². The van der Waals surface area contributed by atoms with E-state index in [2.05, 4.69) is 36.0 Å². The number of phosphoric ester groups is 1. The predicted molar refractivity (Wildman–Crippen MR) is 166 cm³/mol. The van der Waals surface area contributed by atoms with Gasteiger partial charge >= 0.3 is 7.82 Å². The summed E-state index contributed by atoms with van der Waals surface area (Å²) in [5, 5.41) is 7.10. The highest BCUT2D eigenvalue weighted by atomic mass is 35.5. The SMILES string of the molecule is C#CCN(CCCOc1cc2ncnc(Nc3ccc(NC(=O)c4cccc(Cl)c4)nc3)c2cc1OC)CCOP(=O)(O)O. The number of phosphoric acid groups is 1. The van der Waals surface area contributed by atoms with Crippen LogP contribution in [0.15, 0.2) is 61.1 Å². The van der Waals surface area contributed by atoms with Crippen molar-refractivity contribution in [2.24, 2.45) is 0 Å². The maximum absolute atomic E-state index is 12.5. The summed E-state index contributed by atoms with van der Waals surface area (Å²) in [5.41, 5.74) is 1.66. The summed E-state index contributed by atoms with van der Waals surface area (Å²) in [5.74, 6) is 4.04. The molecule has 2 aromatic carbocycles. The average molecular weight is 641 g/mol. The molecule has 0 spiro atoms. The standard InChI is InChI=1S/C29H30ClN6O7P/c1-3-10-36(12-14-43-44(38,39)40)11-5-13-42-26-17-24-23(16-25(26)41-2)28(33-19-32-24)34-22-8-9-27(31-18-22)35-29(37)20-6-4-7-21(30)15-20/h1,4,6-9,15-19H,5,10-14H2,2H3,(H,31,35,37)(H,32,33,34)(H2,38,39,40). The quantitative estimate of drug-likeness (QED) is 0.0817. The zero-order chi connectivity index (χ0) is 31.5. The second-order valence-corrected chi connectivity index (χ2v) is 10.9. The van der Waals surface area contributed by atoms with Gasteiger partial charge in [-0.25, -0.2) is 19.5 Å². The molecule has 4 N–H and O–H groups in total. The monoisotopic (exact) mass is 640 g/mol. The predicted octanol–water partition coefficient (Wildman–Crippen LogP) is 4.50. The van der Waals surface area contributed by atoms with Crippen molar-refractivity contribution in [1.82, 2.24) is 19.9 Å². The van der Waals surface area contributed by atoms with Gasteiger partial charge in [0.05, 0.1) is 44.3 Å². The number of anilines is 3. The lowest BCUT2D eigenvalue weighted by Crippen LogP contribution is -2.29. The molecule has 0 saturated heterocycles. The number of methoxy groups -OCH3 is 1. The van der Waals surface area contributed by atoms with Gasteiger partial charge in [-0.05, 0) is 42.8 Å². The summed E-state index contributed by atoms with van der Waals surface area (Å²) in [4.78, 5) is 45.1. The molecular weight excluding hydrogens is 611 g/mol. The third-order valence-corrected chi connectivity index (χ3v) is 6.89. The van der Waals surface area contributed by atoms with Crippen molar-refractivity contribution < 1.29 is 33.1 Å². The molecular formula is C29H30ClN6O7P. The number of nitrogens with zero attached hydrogens (tertiary/aromatic N) is 4. The Labute approximate surface area is 258 Å². The molecule has 2 aromatic heterocycles. The number of carbonyl (C=O) groups is 1. The fourth-order valence-corrected chi connectivity index (χ4v) is 4.60. The van der Waals surface area contributed by atoms with Crippen LogP contribution < -0.4 is 20.1 Å². The number of nitrogens with one attached hydrogen (secondary N) is 2. The molecule has 15 heteroatoms. The Morgan fingerprint density at radius 2 is 1.93 bits per heavy atom. The second-order valence-electron chi connectivity index (χ2n) is 9.27. The molecule has 0 saturated carbocycles. The topological polar surface area (TPSA) is 168 Å². The summed E-state index contributed by atoms with van der Waals surface area (Å²) in [7, 11) is -3.01. The highest BCUT2D eigenvalue weighted by molar-refractivity contribution is 7.46. The molecule has 230 valence electrons. The normalized spacial score (nSPS) is 11.3. The number of pyridine rings is 1. The number of amides is 1. The van der Waals surface area contributed by atoms with E-state index >= 15 is 0 Å². The third kappa shape index (κ3) is 9.62. The Morgan fingerprint density at radius 1 is 1.09 bits per heavy atom. The third-order valence-electron chi connectivity index (χ3n) is 6.13.